The first-order chi connectivity index (χ1) is 15.6. The largest absolute Gasteiger partial charge is 0.416 e. The molecule has 2 aromatic carbocycles. The van der Waals surface area contributed by atoms with E-state index in [1.165, 1.54) is 22.9 Å². The maximum Gasteiger partial charge on any atom is 0.416 e. The van der Waals surface area contributed by atoms with Crippen LogP contribution in [0.3, 0.4) is 0 Å². The lowest BCUT2D eigenvalue weighted by molar-refractivity contribution is -0.137. The molecule has 0 aromatic heterocycles. The van der Waals surface area contributed by atoms with Crippen molar-refractivity contribution < 1.29 is 27.2 Å². The molecule has 2 aromatic rings. The lowest BCUT2D eigenvalue weighted by atomic mass is 9.73. The van der Waals surface area contributed by atoms with Crippen LogP contribution < -0.4 is 5.73 Å². The molecule has 0 spiro atoms. The van der Waals surface area contributed by atoms with Crippen molar-refractivity contribution in [2.75, 3.05) is 6.26 Å². The summed E-state index contributed by atoms with van der Waals surface area (Å²) in [7, 11) is 0. The molecule has 1 aliphatic carbocycles. The molecule has 2 atom stereocenters. The smallest absolute Gasteiger partial charge is 0.368 e. The van der Waals surface area contributed by atoms with Crippen molar-refractivity contribution >= 4 is 23.6 Å². The van der Waals surface area contributed by atoms with E-state index in [0.717, 1.165) is 17.0 Å². The Morgan fingerprint density at radius 1 is 1.18 bits per heavy atom. The average molecular weight is 479 g/mol. The summed E-state index contributed by atoms with van der Waals surface area (Å²) in [6.07, 6.45) is 1.62. The van der Waals surface area contributed by atoms with Gasteiger partial charge in [-0.1, -0.05) is 18.2 Å². The van der Waals surface area contributed by atoms with E-state index in [2.05, 4.69) is 0 Å². The van der Waals surface area contributed by atoms with Gasteiger partial charge in [0.25, 0.3) is 5.91 Å². The molecule has 2 aliphatic rings. The highest BCUT2D eigenvalue weighted by Crippen LogP contribution is 2.54. The predicted molar refractivity (Wildman–Crippen MR) is 117 cm³/mol. The van der Waals surface area contributed by atoms with Crippen LogP contribution in [0.1, 0.15) is 46.7 Å². The number of amides is 2. The fourth-order valence-corrected chi connectivity index (χ4v) is 5.11. The molecule has 1 unspecified atom stereocenters. The summed E-state index contributed by atoms with van der Waals surface area (Å²) in [6, 6.07) is 9.18. The van der Waals surface area contributed by atoms with E-state index in [4.69, 9.17) is 5.73 Å². The average Bonchev–Trinajstić information content (AvgIpc) is 3.51. The topological polar surface area (TPSA) is 63.4 Å². The Kier molecular flexibility index (Phi) is 6.03. The van der Waals surface area contributed by atoms with E-state index in [0.29, 0.717) is 24.5 Å². The molecule has 1 heterocycles. The van der Waals surface area contributed by atoms with E-state index in [1.807, 2.05) is 12.3 Å². The summed E-state index contributed by atoms with van der Waals surface area (Å²) in [5, 5.41) is 0. The van der Waals surface area contributed by atoms with Crippen LogP contribution in [-0.4, -0.2) is 28.5 Å². The molecule has 1 saturated carbocycles. The lowest BCUT2D eigenvalue weighted by Gasteiger charge is -2.42. The molecule has 2 N–H and O–H groups in total. The van der Waals surface area contributed by atoms with Crippen LogP contribution in [0.4, 0.5) is 17.6 Å². The summed E-state index contributed by atoms with van der Waals surface area (Å²) in [4.78, 5) is 28.6. The standard InChI is InChI=1S/C24H22F4N2O2S/c1-33-17-5-2-4-15(12-17)21(31)30-11-3-10-23(30,22(29)32)20(14-6-7-14)18-9-8-16(13-19(18)25)24(26,27)28/h2-5,8-9,11-14,20H,6-7,10H2,1H3,(H2,29,32)/t20-,23?/m1/s1. The molecule has 2 amide bonds. The van der Waals surface area contributed by atoms with Gasteiger partial charge in [0.2, 0.25) is 5.91 Å². The SMILES string of the molecule is CSc1cccc(C(=O)N2C=CCC2(C(N)=O)[C@@H](c2ccc(C(F)(F)F)cc2F)C2CC2)c1. The number of nitrogens with zero attached hydrogens (tertiary/aromatic N) is 1. The quantitative estimate of drug-likeness (QED) is 0.450. The molecule has 0 saturated heterocycles. The van der Waals surface area contributed by atoms with Crippen LogP contribution in [0.15, 0.2) is 59.6 Å². The Labute approximate surface area is 192 Å². The highest BCUT2D eigenvalue weighted by Gasteiger charge is 2.57. The van der Waals surface area contributed by atoms with Gasteiger partial charge in [0.15, 0.2) is 0 Å². The fourth-order valence-electron chi connectivity index (χ4n) is 4.65. The molecule has 9 heteroatoms. The second-order valence-electron chi connectivity index (χ2n) is 8.33. The normalized spacial score (nSPS) is 21.3. The second-order valence-corrected chi connectivity index (χ2v) is 9.21. The van der Waals surface area contributed by atoms with E-state index < -0.39 is 40.8 Å². The third-order valence-corrected chi connectivity index (χ3v) is 7.07. The minimum Gasteiger partial charge on any atom is -0.368 e. The van der Waals surface area contributed by atoms with Crippen LogP contribution in [0.2, 0.25) is 0 Å². The van der Waals surface area contributed by atoms with Crippen LogP contribution in [0.25, 0.3) is 0 Å². The molecule has 4 rings (SSSR count). The Morgan fingerprint density at radius 2 is 1.91 bits per heavy atom. The molecule has 1 aliphatic heterocycles. The van der Waals surface area contributed by atoms with Crippen molar-refractivity contribution in [3.8, 4) is 0 Å². The maximum atomic E-state index is 15.1. The van der Waals surface area contributed by atoms with Crippen molar-refractivity contribution in [1.29, 1.82) is 0 Å². The molecule has 0 bridgehead atoms. The molecule has 33 heavy (non-hydrogen) atoms. The number of hydrogen-bond acceptors (Lipinski definition) is 3. The number of hydrogen-bond donors (Lipinski definition) is 1. The summed E-state index contributed by atoms with van der Waals surface area (Å²) in [5.41, 5.74) is 3.44. The number of alkyl halides is 3. The lowest BCUT2D eigenvalue weighted by Crippen LogP contribution is -2.59. The first kappa shape index (κ1) is 23.4. The zero-order valence-electron chi connectivity index (χ0n) is 17.7. The number of thioether (sulfide) groups is 1. The predicted octanol–water partition coefficient (Wildman–Crippen LogP) is 5.34. The van der Waals surface area contributed by atoms with E-state index in [9.17, 15) is 22.8 Å². The van der Waals surface area contributed by atoms with Gasteiger partial charge in [-0.25, -0.2) is 4.39 Å². The number of rotatable bonds is 6. The Balaban J connectivity index is 1.81. The Hall–Kier alpha value is -2.81. The molecular weight excluding hydrogens is 456 g/mol. The van der Waals surface area contributed by atoms with Crippen LogP contribution >= 0.6 is 11.8 Å². The Bertz CT molecular complexity index is 1130. The van der Waals surface area contributed by atoms with Crippen LogP contribution in [0.5, 0.6) is 0 Å². The summed E-state index contributed by atoms with van der Waals surface area (Å²) in [6.45, 7) is 0. The molecule has 4 nitrogen and oxygen atoms in total. The van der Waals surface area contributed by atoms with Crippen molar-refractivity contribution in [3.05, 3.63) is 77.2 Å². The molecule has 174 valence electrons. The number of halogens is 4. The first-order valence-electron chi connectivity index (χ1n) is 10.4. The van der Waals surface area contributed by atoms with Crippen molar-refractivity contribution in [2.24, 2.45) is 11.7 Å². The van der Waals surface area contributed by atoms with E-state index in [-0.39, 0.29) is 17.9 Å². The number of carbonyl (C=O) groups excluding carboxylic acids is 2. The molecular formula is C24H22F4N2O2S. The summed E-state index contributed by atoms with van der Waals surface area (Å²) < 4.78 is 54.3. The van der Waals surface area contributed by atoms with E-state index in [1.54, 1.807) is 24.3 Å². The molecule has 1 fully saturated rings. The van der Waals surface area contributed by atoms with Gasteiger partial charge >= 0.3 is 6.18 Å². The van der Waals surface area contributed by atoms with Gasteiger partial charge in [-0.15, -0.1) is 11.8 Å². The zero-order valence-corrected chi connectivity index (χ0v) is 18.5. The number of benzene rings is 2. The minimum absolute atomic E-state index is 0.0383. The van der Waals surface area contributed by atoms with Gasteiger partial charge in [0.05, 0.1) is 5.56 Å². The minimum atomic E-state index is -4.70. The second kappa shape index (κ2) is 8.52. The van der Waals surface area contributed by atoms with Crippen molar-refractivity contribution in [3.63, 3.8) is 0 Å². The Morgan fingerprint density at radius 3 is 2.48 bits per heavy atom. The van der Waals surface area contributed by atoms with Gasteiger partial charge in [0, 0.05) is 29.0 Å². The number of primary amides is 1. The van der Waals surface area contributed by atoms with Gasteiger partial charge in [-0.2, -0.15) is 13.2 Å². The number of carbonyl (C=O) groups is 2. The van der Waals surface area contributed by atoms with Gasteiger partial charge in [-0.3, -0.25) is 14.5 Å². The highest BCUT2D eigenvalue weighted by atomic mass is 32.2. The summed E-state index contributed by atoms with van der Waals surface area (Å²) >= 11 is 1.45. The maximum absolute atomic E-state index is 15.1. The van der Waals surface area contributed by atoms with Crippen molar-refractivity contribution in [2.45, 2.75) is 41.8 Å². The fraction of sp³-hybridized carbons (Fsp3) is 0.333. The van der Waals surface area contributed by atoms with E-state index >= 15 is 4.39 Å². The molecule has 0 radical (unpaired) electrons. The van der Waals surface area contributed by atoms with Crippen molar-refractivity contribution in [1.82, 2.24) is 4.90 Å². The number of nitrogens with two attached hydrogens (primary N) is 1. The first-order valence-corrected chi connectivity index (χ1v) is 11.6. The summed E-state index contributed by atoms with van der Waals surface area (Å²) in [5.74, 6) is -3.42. The highest BCUT2D eigenvalue weighted by molar-refractivity contribution is 7.98. The van der Waals surface area contributed by atoms with Gasteiger partial charge in [-0.05, 0) is 60.9 Å². The van der Waals surface area contributed by atoms with Crippen LogP contribution in [-0.2, 0) is 11.0 Å². The zero-order chi connectivity index (χ0) is 24.0. The third-order valence-electron chi connectivity index (χ3n) is 6.35. The van der Waals surface area contributed by atoms with Gasteiger partial charge < -0.3 is 5.73 Å². The van der Waals surface area contributed by atoms with Gasteiger partial charge in [0.1, 0.15) is 11.4 Å². The monoisotopic (exact) mass is 478 g/mol. The third kappa shape index (κ3) is 4.14. The van der Waals surface area contributed by atoms with Crippen LogP contribution in [0, 0.1) is 11.7 Å².